The summed E-state index contributed by atoms with van der Waals surface area (Å²) in [4.78, 5) is 15.8. The van der Waals surface area contributed by atoms with Crippen LogP contribution in [-0.2, 0) is 4.79 Å². The molecule has 0 radical (unpaired) electrons. The lowest BCUT2D eigenvalue weighted by molar-refractivity contribution is -0.144. The SMILES string of the molecule is COc1cccc(-c2c(C)c(-c3ccccc3)nc(N)c2C#N)c1OC(C)C(=O)O. The number of aromatic nitrogens is 1. The number of rotatable bonds is 6. The highest BCUT2D eigenvalue weighted by Gasteiger charge is 2.25. The van der Waals surface area contributed by atoms with Crippen LogP contribution in [0.4, 0.5) is 5.82 Å². The summed E-state index contributed by atoms with van der Waals surface area (Å²) in [5, 5.41) is 19.1. The lowest BCUT2D eigenvalue weighted by Gasteiger charge is -2.21. The quantitative estimate of drug-likeness (QED) is 0.637. The summed E-state index contributed by atoms with van der Waals surface area (Å²) in [5.41, 5.74) is 9.55. The van der Waals surface area contributed by atoms with Crippen LogP contribution in [0.2, 0.25) is 0 Å². The van der Waals surface area contributed by atoms with Crippen molar-refractivity contribution >= 4 is 11.8 Å². The summed E-state index contributed by atoms with van der Waals surface area (Å²) in [7, 11) is 1.46. The predicted octanol–water partition coefficient (Wildman–Crippen LogP) is 4.04. The maximum Gasteiger partial charge on any atom is 0.344 e. The lowest BCUT2D eigenvalue weighted by atomic mass is 9.92. The van der Waals surface area contributed by atoms with Crippen molar-refractivity contribution in [2.24, 2.45) is 0 Å². The molecule has 1 unspecified atom stereocenters. The minimum Gasteiger partial charge on any atom is -0.493 e. The Labute approximate surface area is 174 Å². The van der Waals surface area contributed by atoms with E-state index >= 15 is 0 Å². The molecule has 7 heteroatoms. The van der Waals surface area contributed by atoms with Gasteiger partial charge in [-0.05, 0) is 25.5 Å². The fraction of sp³-hybridized carbons (Fsp3) is 0.174. The summed E-state index contributed by atoms with van der Waals surface area (Å²) in [6.07, 6.45) is -1.13. The Kier molecular flexibility index (Phi) is 5.88. The lowest BCUT2D eigenvalue weighted by Crippen LogP contribution is -2.23. The number of nitriles is 1. The largest absolute Gasteiger partial charge is 0.493 e. The average Bonchev–Trinajstić information content (AvgIpc) is 2.75. The minimum absolute atomic E-state index is 0.0806. The highest BCUT2D eigenvalue weighted by atomic mass is 16.5. The fourth-order valence-corrected chi connectivity index (χ4v) is 3.24. The molecule has 3 rings (SSSR count). The smallest absolute Gasteiger partial charge is 0.344 e. The van der Waals surface area contributed by atoms with Gasteiger partial charge in [0.2, 0.25) is 0 Å². The van der Waals surface area contributed by atoms with Gasteiger partial charge < -0.3 is 20.3 Å². The molecule has 30 heavy (non-hydrogen) atoms. The number of ether oxygens (including phenoxy) is 2. The van der Waals surface area contributed by atoms with Crippen molar-refractivity contribution in [3.05, 3.63) is 59.7 Å². The van der Waals surface area contributed by atoms with Gasteiger partial charge in [0.05, 0.1) is 12.8 Å². The van der Waals surface area contributed by atoms with Gasteiger partial charge in [-0.25, -0.2) is 9.78 Å². The number of carboxylic acid groups (broad SMARTS) is 1. The van der Waals surface area contributed by atoms with Gasteiger partial charge in [-0.3, -0.25) is 0 Å². The van der Waals surface area contributed by atoms with Crippen LogP contribution in [0.15, 0.2) is 48.5 Å². The van der Waals surface area contributed by atoms with E-state index in [1.165, 1.54) is 14.0 Å². The second kappa shape index (κ2) is 8.53. The number of anilines is 1. The molecule has 0 amide bonds. The number of nitrogen functional groups attached to an aromatic ring is 1. The maximum absolute atomic E-state index is 11.4. The van der Waals surface area contributed by atoms with Crippen molar-refractivity contribution in [2.45, 2.75) is 20.0 Å². The second-order valence-corrected chi connectivity index (χ2v) is 6.63. The predicted molar refractivity (Wildman–Crippen MR) is 113 cm³/mol. The van der Waals surface area contributed by atoms with Crippen molar-refractivity contribution in [1.29, 1.82) is 5.26 Å². The van der Waals surface area contributed by atoms with E-state index in [4.69, 9.17) is 15.2 Å². The van der Waals surface area contributed by atoms with Crippen LogP contribution in [0.25, 0.3) is 22.4 Å². The van der Waals surface area contributed by atoms with Crippen molar-refractivity contribution in [3.63, 3.8) is 0 Å². The number of nitrogens with zero attached hydrogens (tertiary/aromatic N) is 2. The summed E-state index contributed by atoms with van der Waals surface area (Å²) in [6.45, 7) is 3.27. The zero-order chi connectivity index (χ0) is 21.8. The Morgan fingerprint density at radius 1 is 1.20 bits per heavy atom. The van der Waals surface area contributed by atoms with Crippen molar-refractivity contribution in [2.75, 3.05) is 12.8 Å². The van der Waals surface area contributed by atoms with Crippen LogP contribution >= 0.6 is 0 Å². The molecule has 3 aromatic rings. The topological polar surface area (TPSA) is 118 Å². The first-order chi connectivity index (χ1) is 14.4. The van der Waals surface area contributed by atoms with Gasteiger partial charge in [0, 0.05) is 16.7 Å². The Hall–Kier alpha value is -4.05. The fourth-order valence-electron chi connectivity index (χ4n) is 3.24. The number of carbonyl (C=O) groups is 1. The third-order valence-corrected chi connectivity index (χ3v) is 4.74. The van der Waals surface area contributed by atoms with Gasteiger partial charge in [-0.2, -0.15) is 5.26 Å². The van der Waals surface area contributed by atoms with Gasteiger partial charge in [0.1, 0.15) is 17.5 Å². The van der Waals surface area contributed by atoms with Crippen LogP contribution in [0.1, 0.15) is 18.1 Å². The van der Waals surface area contributed by atoms with Gasteiger partial charge in [0.15, 0.2) is 17.6 Å². The highest BCUT2D eigenvalue weighted by Crippen LogP contribution is 2.44. The molecule has 0 fully saturated rings. The molecule has 1 aromatic heterocycles. The number of hydrogen-bond donors (Lipinski definition) is 2. The monoisotopic (exact) mass is 403 g/mol. The highest BCUT2D eigenvalue weighted by molar-refractivity contribution is 5.88. The zero-order valence-electron chi connectivity index (χ0n) is 16.8. The van der Waals surface area contributed by atoms with E-state index < -0.39 is 12.1 Å². The third kappa shape index (κ3) is 3.76. The molecule has 0 aliphatic heterocycles. The maximum atomic E-state index is 11.4. The summed E-state index contributed by atoms with van der Waals surface area (Å²) >= 11 is 0. The zero-order valence-corrected chi connectivity index (χ0v) is 16.8. The van der Waals surface area contributed by atoms with E-state index in [-0.39, 0.29) is 17.1 Å². The van der Waals surface area contributed by atoms with Crippen LogP contribution in [-0.4, -0.2) is 29.3 Å². The molecule has 0 saturated carbocycles. The van der Waals surface area contributed by atoms with E-state index in [9.17, 15) is 15.2 Å². The summed E-state index contributed by atoms with van der Waals surface area (Å²) < 4.78 is 11.1. The Balaban J connectivity index is 2.34. The summed E-state index contributed by atoms with van der Waals surface area (Å²) in [5.74, 6) is -0.472. The Bertz CT molecular complexity index is 1140. The molecule has 0 saturated heterocycles. The van der Waals surface area contributed by atoms with E-state index in [1.54, 1.807) is 18.2 Å². The number of para-hydroxylation sites is 1. The van der Waals surface area contributed by atoms with Crippen LogP contribution < -0.4 is 15.2 Å². The first kappa shape index (κ1) is 20.7. The van der Waals surface area contributed by atoms with Crippen molar-refractivity contribution in [3.8, 4) is 40.0 Å². The average molecular weight is 403 g/mol. The van der Waals surface area contributed by atoms with Crippen LogP contribution in [0, 0.1) is 18.3 Å². The van der Waals surface area contributed by atoms with Gasteiger partial charge >= 0.3 is 5.97 Å². The van der Waals surface area contributed by atoms with E-state index in [2.05, 4.69) is 11.1 Å². The molecule has 0 spiro atoms. The van der Waals surface area contributed by atoms with E-state index in [1.807, 2.05) is 37.3 Å². The minimum atomic E-state index is -1.13. The number of pyridine rings is 1. The molecule has 2 aromatic carbocycles. The molecule has 3 N–H and O–H groups in total. The van der Waals surface area contributed by atoms with E-state index in [0.717, 1.165) is 5.56 Å². The van der Waals surface area contributed by atoms with Gasteiger partial charge in [0.25, 0.3) is 0 Å². The number of aliphatic carboxylic acids is 1. The normalized spacial score (nSPS) is 11.4. The number of hydrogen-bond acceptors (Lipinski definition) is 6. The molecule has 0 aliphatic carbocycles. The van der Waals surface area contributed by atoms with Crippen LogP contribution in [0.5, 0.6) is 11.5 Å². The number of nitrogens with two attached hydrogens (primary N) is 1. The van der Waals surface area contributed by atoms with Crippen molar-refractivity contribution in [1.82, 2.24) is 4.98 Å². The van der Waals surface area contributed by atoms with E-state index in [0.29, 0.717) is 28.1 Å². The Morgan fingerprint density at radius 3 is 2.50 bits per heavy atom. The first-order valence-corrected chi connectivity index (χ1v) is 9.21. The van der Waals surface area contributed by atoms with Crippen LogP contribution in [0.3, 0.4) is 0 Å². The first-order valence-electron chi connectivity index (χ1n) is 9.21. The molecule has 1 heterocycles. The number of methoxy groups -OCH3 is 1. The molecule has 1 atom stereocenters. The van der Waals surface area contributed by atoms with Gasteiger partial charge in [-0.1, -0.05) is 42.5 Å². The Morgan fingerprint density at radius 2 is 1.90 bits per heavy atom. The number of benzene rings is 2. The van der Waals surface area contributed by atoms with Crippen molar-refractivity contribution < 1.29 is 19.4 Å². The third-order valence-electron chi connectivity index (χ3n) is 4.74. The molecular weight excluding hydrogens is 382 g/mol. The molecule has 0 bridgehead atoms. The number of carboxylic acids is 1. The second-order valence-electron chi connectivity index (χ2n) is 6.63. The summed E-state index contributed by atoms with van der Waals surface area (Å²) in [6, 6.07) is 16.7. The molecule has 7 nitrogen and oxygen atoms in total. The molecule has 152 valence electrons. The van der Waals surface area contributed by atoms with Gasteiger partial charge in [-0.15, -0.1) is 0 Å². The molecular formula is C23H21N3O4. The molecule has 0 aliphatic rings. The standard InChI is InChI=1S/C23H21N3O4/c1-13-19(16-10-7-11-18(29-3)21(16)30-14(2)23(27)28)17(12-24)22(25)26-20(13)15-8-5-4-6-9-15/h4-11,14H,1-3H3,(H2,25,26)(H,27,28).